The average Bonchev–Trinajstić information content (AvgIpc) is 2.36. The Kier molecular flexibility index (Phi) is 5.41. The fourth-order valence-corrected chi connectivity index (χ4v) is 2.68. The number of rotatable bonds is 6. The molecule has 2 nitrogen and oxygen atoms in total. The van der Waals surface area contributed by atoms with Crippen molar-refractivity contribution in [2.45, 2.75) is 46.3 Å². The Morgan fingerprint density at radius 3 is 2.00 bits per heavy atom. The van der Waals surface area contributed by atoms with E-state index in [4.69, 9.17) is 9.53 Å². The van der Waals surface area contributed by atoms with Gasteiger partial charge in [-0.15, -0.1) is 0 Å². The molecular formula is C15H24O2Si. The Labute approximate surface area is 113 Å². The molecular weight excluding hydrogens is 240 g/mol. The second kappa shape index (κ2) is 6.39. The predicted molar refractivity (Wildman–Crippen MR) is 76.8 cm³/mol. The lowest BCUT2D eigenvalue weighted by atomic mass is 9.86. The zero-order valence-corrected chi connectivity index (χ0v) is 13.0. The normalized spacial score (nSPS) is 12.2. The van der Waals surface area contributed by atoms with E-state index in [9.17, 15) is 0 Å². The van der Waals surface area contributed by atoms with Crippen molar-refractivity contribution in [3.8, 4) is 5.75 Å². The second-order valence-electron chi connectivity index (χ2n) is 5.60. The molecule has 0 aliphatic rings. The van der Waals surface area contributed by atoms with Crippen LogP contribution in [0, 0.1) is 11.8 Å². The molecule has 1 N–H and O–H groups in total. The average molecular weight is 264 g/mol. The highest BCUT2D eigenvalue weighted by Crippen LogP contribution is 2.41. The lowest BCUT2D eigenvalue weighted by Crippen LogP contribution is -2.32. The fourth-order valence-electron chi connectivity index (χ4n) is 1.73. The summed E-state index contributed by atoms with van der Waals surface area (Å²) in [6, 6.07) is 7.67. The summed E-state index contributed by atoms with van der Waals surface area (Å²) in [4.78, 5) is 0. The molecule has 0 aromatic heterocycles. The second-order valence-corrected chi connectivity index (χ2v) is 7.08. The third kappa shape index (κ3) is 3.59. The minimum atomic E-state index is 0.0816. The van der Waals surface area contributed by atoms with Gasteiger partial charge in [-0.2, -0.15) is 0 Å². The third-order valence-electron chi connectivity index (χ3n) is 3.89. The van der Waals surface area contributed by atoms with Gasteiger partial charge in [0.1, 0.15) is 5.75 Å². The van der Waals surface area contributed by atoms with Crippen molar-refractivity contribution in [1.82, 2.24) is 0 Å². The summed E-state index contributed by atoms with van der Waals surface area (Å²) in [7, 11) is 0.449. The molecule has 1 rings (SSSR count). The molecule has 3 heteroatoms. The monoisotopic (exact) mass is 264 g/mol. The minimum absolute atomic E-state index is 0.0816. The number of aliphatic hydroxyl groups excluding tert-OH is 1. The molecule has 0 amide bonds. The van der Waals surface area contributed by atoms with Gasteiger partial charge in [-0.05, 0) is 29.5 Å². The molecule has 0 unspecified atom stereocenters. The van der Waals surface area contributed by atoms with Gasteiger partial charge in [0.25, 0.3) is 0 Å². The molecule has 0 spiro atoms. The van der Waals surface area contributed by atoms with Crippen LogP contribution in [-0.4, -0.2) is 14.9 Å². The zero-order chi connectivity index (χ0) is 13.8. The van der Waals surface area contributed by atoms with E-state index in [2.05, 4.69) is 34.6 Å². The van der Waals surface area contributed by atoms with E-state index in [0.717, 1.165) is 11.3 Å². The smallest absolute Gasteiger partial charge is 0.317 e. The van der Waals surface area contributed by atoms with Gasteiger partial charge in [0, 0.05) is 5.04 Å². The lowest BCUT2D eigenvalue weighted by Gasteiger charge is -2.35. The zero-order valence-electron chi connectivity index (χ0n) is 12.0. The lowest BCUT2D eigenvalue weighted by molar-refractivity contribution is 0.281. The van der Waals surface area contributed by atoms with Crippen molar-refractivity contribution >= 4 is 9.76 Å². The molecule has 0 saturated carbocycles. The van der Waals surface area contributed by atoms with Gasteiger partial charge < -0.3 is 9.53 Å². The van der Waals surface area contributed by atoms with Gasteiger partial charge in [0.05, 0.1) is 6.61 Å². The van der Waals surface area contributed by atoms with Crippen LogP contribution < -0.4 is 4.43 Å². The van der Waals surface area contributed by atoms with E-state index in [1.807, 2.05) is 24.3 Å². The van der Waals surface area contributed by atoms with Gasteiger partial charge in [-0.25, -0.2) is 0 Å². The number of aliphatic hydroxyl groups is 1. The van der Waals surface area contributed by atoms with E-state index >= 15 is 0 Å². The van der Waals surface area contributed by atoms with Crippen LogP contribution in [0.5, 0.6) is 5.75 Å². The summed E-state index contributed by atoms with van der Waals surface area (Å²) in [5.74, 6) is 2.07. The van der Waals surface area contributed by atoms with Gasteiger partial charge in [0.15, 0.2) is 0 Å². The minimum Gasteiger partial charge on any atom is -0.540 e. The molecule has 0 saturated heterocycles. The van der Waals surface area contributed by atoms with Crippen LogP contribution in [-0.2, 0) is 6.61 Å². The van der Waals surface area contributed by atoms with Crippen LogP contribution in [0.4, 0.5) is 0 Å². The van der Waals surface area contributed by atoms with Crippen LogP contribution >= 0.6 is 0 Å². The van der Waals surface area contributed by atoms with Crippen LogP contribution in [0.2, 0.25) is 5.04 Å². The highest BCUT2D eigenvalue weighted by molar-refractivity contribution is 6.33. The first-order valence-electron chi connectivity index (χ1n) is 6.54. The molecule has 2 radical (unpaired) electrons. The molecule has 1 aromatic carbocycles. The van der Waals surface area contributed by atoms with E-state index in [1.165, 1.54) is 0 Å². The van der Waals surface area contributed by atoms with Crippen molar-refractivity contribution in [2.75, 3.05) is 0 Å². The highest BCUT2D eigenvalue weighted by Gasteiger charge is 2.35. The Morgan fingerprint density at radius 1 is 1.11 bits per heavy atom. The maximum Gasteiger partial charge on any atom is 0.317 e. The number of benzene rings is 1. The standard InChI is InChI=1S/C15H24O2Si/c1-11(2)15(5,12(3)4)18-17-14-8-6-13(10-16)7-9-14/h6-9,11-12,16H,10H2,1-5H3. The quantitative estimate of drug-likeness (QED) is 0.794. The molecule has 0 fully saturated rings. The Balaban J connectivity index is 2.67. The summed E-state index contributed by atoms with van der Waals surface area (Å²) in [5.41, 5.74) is 0.918. The maximum absolute atomic E-state index is 8.99. The predicted octanol–water partition coefficient (Wildman–Crippen LogP) is 3.67. The SMILES string of the molecule is CC(C)C(C)([Si]Oc1ccc(CO)cc1)C(C)C. The molecule has 0 heterocycles. The summed E-state index contributed by atoms with van der Waals surface area (Å²) in [6.07, 6.45) is 0. The van der Waals surface area contributed by atoms with Gasteiger partial charge in [0.2, 0.25) is 0 Å². The Bertz CT molecular complexity index is 349. The van der Waals surface area contributed by atoms with Crippen LogP contribution in [0.15, 0.2) is 24.3 Å². The first-order chi connectivity index (χ1) is 8.40. The van der Waals surface area contributed by atoms with Gasteiger partial charge in [-0.1, -0.05) is 46.8 Å². The fraction of sp³-hybridized carbons (Fsp3) is 0.600. The first-order valence-corrected chi connectivity index (χ1v) is 7.44. The van der Waals surface area contributed by atoms with E-state index in [1.54, 1.807) is 0 Å². The maximum atomic E-state index is 8.99. The largest absolute Gasteiger partial charge is 0.540 e. The van der Waals surface area contributed by atoms with E-state index in [-0.39, 0.29) is 11.6 Å². The van der Waals surface area contributed by atoms with Gasteiger partial charge in [-0.3, -0.25) is 0 Å². The van der Waals surface area contributed by atoms with Crippen LogP contribution in [0.25, 0.3) is 0 Å². The van der Waals surface area contributed by atoms with Crippen molar-refractivity contribution in [1.29, 1.82) is 0 Å². The molecule has 18 heavy (non-hydrogen) atoms. The summed E-state index contributed by atoms with van der Waals surface area (Å²) < 4.78 is 5.94. The molecule has 0 aliphatic carbocycles. The molecule has 0 atom stereocenters. The third-order valence-corrected chi connectivity index (χ3v) is 5.83. The first kappa shape index (κ1) is 15.3. The molecule has 0 aliphatic heterocycles. The van der Waals surface area contributed by atoms with E-state index in [0.29, 0.717) is 21.6 Å². The molecule has 1 aromatic rings. The summed E-state index contributed by atoms with van der Waals surface area (Å²) in [5, 5.41) is 9.20. The summed E-state index contributed by atoms with van der Waals surface area (Å²) >= 11 is 0. The van der Waals surface area contributed by atoms with Crippen molar-refractivity contribution in [2.24, 2.45) is 11.8 Å². The Hall–Kier alpha value is -0.803. The number of hydrogen-bond acceptors (Lipinski definition) is 2. The van der Waals surface area contributed by atoms with Crippen LogP contribution in [0.3, 0.4) is 0 Å². The van der Waals surface area contributed by atoms with Crippen molar-refractivity contribution in [3.05, 3.63) is 29.8 Å². The topological polar surface area (TPSA) is 29.5 Å². The van der Waals surface area contributed by atoms with E-state index < -0.39 is 0 Å². The molecule has 100 valence electrons. The Morgan fingerprint density at radius 2 is 1.61 bits per heavy atom. The molecule has 0 bridgehead atoms. The highest BCUT2D eigenvalue weighted by atomic mass is 28.2. The summed E-state index contributed by atoms with van der Waals surface area (Å²) in [6.45, 7) is 11.4. The van der Waals surface area contributed by atoms with Crippen molar-refractivity contribution in [3.63, 3.8) is 0 Å². The van der Waals surface area contributed by atoms with Gasteiger partial charge >= 0.3 is 9.76 Å². The van der Waals surface area contributed by atoms with Crippen LogP contribution in [0.1, 0.15) is 40.2 Å². The van der Waals surface area contributed by atoms with Crippen molar-refractivity contribution < 1.29 is 9.53 Å². The number of hydrogen-bond donors (Lipinski definition) is 1.